The Morgan fingerprint density at radius 2 is 1.68 bits per heavy atom. The van der Waals surface area contributed by atoms with E-state index in [9.17, 15) is 18.0 Å². The molecule has 0 spiro atoms. The molecule has 0 radical (unpaired) electrons. The van der Waals surface area contributed by atoms with E-state index in [4.69, 9.17) is 15.6 Å². The summed E-state index contributed by atoms with van der Waals surface area (Å²) in [5, 5.41) is 8.04. The van der Waals surface area contributed by atoms with E-state index in [0.717, 1.165) is 42.5 Å². The first-order chi connectivity index (χ1) is 18.2. The number of unbranched alkanes of at least 4 members (excludes halogenated alkanes) is 1. The number of aliphatic carboxylic acids is 1. The molecular formula is C29H26F3N3O3. The number of hydrogen-bond acceptors (Lipinski definition) is 5. The molecule has 0 saturated heterocycles. The number of hydrogen-bond donors (Lipinski definition) is 2. The van der Waals surface area contributed by atoms with Crippen LogP contribution < -0.4 is 10.5 Å². The van der Waals surface area contributed by atoms with Crippen LogP contribution in [0.3, 0.4) is 0 Å². The number of ether oxygens (including phenoxy) is 1. The topological polar surface area (TPSA) is 98.3 Å². The fourth-order valence-electron chi connectivity index (χ4n) is 4.14. The molecule has 0 saturated carbocycles. The largest absolute Gasteiger partial charge is 0.481 e. The number of carboxylic acid groups (broad SMARTS) is 1. The molecule has 1 aliphatic carbocycles. The van der Waals surface area contributed by atoms with Crippen molar-refractivity contribution in [2.45, 2.75) is 38.8 Å². The number of aromatic nitrogens is 2. The van der Waals surface area contributed by atoms with Crippen LogP contribution in [0.25, 0.3) is 22.5 Å². The monoisotopic (exact) mass is 521 g/mol. The van der Waals surface area contributed by atoms with Crippen LogP contribution in [0.2, 0.25) is 0 Å². The van der Waals surface area contributed by atoms with Gasteiger partial charge in [0.2, 0.25) is 0 Å². The van der Waals surface area contributed by atoms with Crippen molar-refractivity contribution >= 4 is 11.7 Å². The van der Waals surface area contributed by atoms with Crippen molar-refractivity contribution in [2.75, 3.05) is 5.73 Å². The summed E-state index contributed by atoms with van der Waals surface area (Å²) < 4.78 is 44.1. The summed E-state index contributed by atoms with van der Waals surface area (Å²) in [6.07, 6.45) is 1.23. The highest BCUT2D eigenvalue weighted by Gasteiger charge is 2.30. The Kier molecular flexibility index (Phi) is 7.95. The van der Waals surface area contributed by atoms with E-state index in [1.165, 1.54) is 35.7 Å². The van der Waals surface area contributed by atoms with Gasteiger partial charge in [-0.05, 0) is 52.9 Å². The summed E-state index contributed by atoms with van der Waals surface area (Å²) >= 11 is 0. The molecule has 3 aromatic carbocycles. The zero-order chi connectivity index (χ0) is 27.3. The van der Waals surface area contributed by atoms with Crippen LogP contribution in [0, 0.1) is 0 Å². The van der Waals surface area contributed by atoms with Crippen molar-refractivity contribution in [1.82, 2.24) is 9.97 Å². The standard InChI is InChI=1S/C24H16F3N3O.C5H10O2/c25-24(26,27)15-5-3-6-16(11-15)31-17-12-29-23(30-13-17)20-9-8-19-18-7-2-1-4-14(18)10-21(19)22(20)28;1-2-3-4-5(6)7/h1-9,11-13H,10,28H2;2-4H2,1H3,(H,6,7). The average Bonchev–Trinajstić information content (AvgIpc) is 3.28. The Bertz CT molecular complexity index is 1440. The van der Waals surface area contributed by atoms with Gasteiger partial charge in [-0.15, -0.1) is 0 Å². The van der Waals surface area contributed by atoms with Crippen LogP contribution in [0.15, 0.2) is 73.1 Å². The second-order valence-electron chi connectivity index (χ2n) is 8.75. The Morgan fingerprint density at radius 1 is 0.974 bits per heavy atom. The number of nitrogens with zero attached hydrogens (tertiary/aromatic N) is 2. The Morgan fingerprint density at radius 3 is 2.34 bits per heavy atom. The lowest BCUT2D eigenvalue weighted by Gasteiger charge is -2.11. The SMILES string of the molecule is CCCCC(=O)O.Nc1c(-c2ncc(Oc3cccc(C(F)(F)F)c3)cn2)ccc2c1Cc1ccccc1-2. The van der Waals surface area contributed by atoms with E-state index in [1.54, 1.807) is 0 Å². The van der Waals surface area contributed by atoms with Crippen LogP contribution in [-0.2, 0) is 17.4 Å². The van der Waals surface area contributed by atoms with Crippen LogP contribution in [0.4, 0.5) is 18.9 Å². The molecular weight excluding hydrogens is 495 g/mol. The highest BCUT2D eigenvalue weighted by Crippen LogP contribution is 2.42. The van der Waals surface area contributed by atoms with Gasteiger partial charge in [0.05, 0.1) is 18.0 Å². The molecule has 9 heteroatoms. The third-order valence-corrected chi connectivity index (χ3v) is 6.04. The lowest BCUT2D eigenvalue weighted by atomic mass is 10.0. The third kappa shape index (κ3) is 6.11. The number of benzene rings is 3. The fraction of sp³-hybridized carbons (Fsp3) is 0.207. The maximum atomic E-state index is 12.9. The number of rotatable bonds is 6. The van der Waals surface area contributed by atoms with E-state index < -0.39 is 17.7 Å². The van der Waals surface area contributed by atoms with Gasteiger partial charge in [0.1, 0.15) is 5.75 Å². The van der Waals surface area contributed by atoms with Gasteiger partial charge in [-0.1, -0.05) is 49.7 Å². The first kappa shape index (κ1) is 26.7. The molecule has 0 amide bonds. The molecule has 0 unspecified atom stereocenters. The Labute approximate surface area is 218 Å². The fourth-order valence-corrected chi connectivity index (χ4v) is 4.14. The van der Waals surface area contributed by atoms with Gasteiger partial charge in [-0.25, -0.2) is 9.97 Å². The van der Waals surface area contributed by atoms with Gasteiger partial charge >= 0.3 is 12.1 Å². The van der Waals surface area contributed by atoms with Gasteiger partial charge in [-0.3, -0.25) is 4.79 Å². The number of carbonyl (C=O) groups is 1. The first-order valence-electron chi connectivity index (χ1n) is 12.1. The van der Waals surface area contributed by atoms with E-state index >= 15 is 0 Å². The first-order valence-corrected chi connectivity index (χ1v) is 12.1. The zero-order valence-electron chi connectivity index (χ0n) is 20.6. The number of nitrogens with two attached hydrogens (primary N) is 1. The normalized spacial score (nSPS) is 11.7. The number of halogens is 3. The molecule has 0 atom stereocenters. The zero-order valence-corrected chi connectivity index (χ0v) is 20.6. The molecule has 0 fully saturated rings. The smallest absolute Gasteiger partial charge is 0.416 e. The summed E-state index contributed by atoms with van der Waals surface area (Å²) in [6, 6.07) is 16.7. The third-order valence-electron chi connectivity index (χ3n) is 6.04. The average molecular weight is 522 g/mol. The van der Waals surface area contributed by atoms with Crippen molar-refractivity contribution in [3.8, 4) is 34.0 Å². The molecule has 1 aromatic heterocycles. The minimum atomic E-state index is -4.44. The van der Waals surface area contributed by atoms with Crippen molar-refractivity contribution in [2.24, 2.45) is 0 Å². The summed E-state index contributed by atoms with van der Waals surface area (Å²) in [7, 11) is 0. The van der Waals surface area contributed by atoms with E-state index in [-0.39, 0.29) is 11.5 Å². The summed E-state index contributed by atoms with van der Waals surface area (Å²) in [6.45, 7) is 1.98. The number of fused-ring (bicyclic) bond motifs is 3. The predicted octanol–water partition coefficient (Wildman–Crippen LogP) is 7.37. The van der Waals surface area contributed by atoms with E-state index in [1.807, 2.05) is 31.2 Å². The summed E-state index contributed by atoms with van der Waals surface area (Å²) in [5.41, 5.74) is 11.6. The molecule has 4 aromatic rings. The summed E-state index contributed by atoms with van der Waals surface area (Å²) in [5.74, 6) is 0.0192. The second-order valence-corrected chi connectivity index (χ2v) is 8.75. The van der Waals surface area contributed by atoms with E-state index in [0.29, 0.717) is 23.5 Å². The molecule has 6 nitrogen and oxygen atoms in total. The van der Waals surface area contributed by atoms with Gasteiger partial charge in [0, 0.05) is 24.1 Å². The van der Waals surface area contributed by atoms with Crippen molar-refractivity contribution in [3.63, 3.8) is 0 Å². The number of carboxylic acids is 1. The lowest BCUT2D eigenvalue weighted by molar-refractivity contribution is -0.138. The van der Waals surface area contributed by atoms with Gasteiger partial charge in [0.25, 0.3) is 0 Å². The van der Waals surface area contributed by atoms with E-state index in [2.05, 4.69) is 22.1 Å². The Hall–Kier alpha value is -4.40. The molecule has 0 bridgehead atoms. The minimum Gasteiger partial charge on any atom is -0.481 e. The van der Waals surface area contributed by atoms with Crippen LogP contribution >= 0.6 is 0 Å². The quantitative estimate of drug-likeness (QED) is 0.226. The Balaban J connectivity index is 0.000000426. The maximum Gasteiger partial charge on any atom is 0.416 e. The highest BCUT2D eigenvalue weighted by molar-refractivity contribution is 5.87. The molecule has 1 heterocycles. The molecule has 1 aliphatic rings. The minimum absolute atomic E-state index is 0.0565. The van der Waals surface area contributed by atoms with Gasteiger partial charge in [-0.2, -0.15) is 13.2 Å². The maximum absolute atomic E-state index is 12.9. The van der Waals surface area contributed by atoms with Crippen LogP contribution in [0.5, 0.6) is 11.5 Å². The van der Waals surface area contributed by atoms with Gasteiger partial charge in [0.15, 0.2) is 11.6 Å². The van der Waals surface area contributed by atoms with Crippen LogP contribution in [-0.4, -0.2) is 21.0 Å². The lowest BCUT2D eigenvalue weighted by Crippen LogP contribution is -2.04. The highest BCUT2D eigenvalue weighted by atomic mass is 19.4. The molecule has 0 aliphatic heterocycles. The van der Waals surface area contributed by atoms with Crippen LogP contribution in [0.1, 0.15) is 42.9 Å². The summed E-state index contributed by atoms with van der Waals surface area (Å²) in [4.78, 5) is 18.4. The number of anilines is 1. The van der Waals surface area contributed by atoms with Crippen molar-refractivity contribution < 1.29 is 27.8 Å². The predicted molar refractivity (Wildman–Crippen MR) is 139 cm³/mol. The van der Waals surface area contributed by atoms with Gasteiger partial charge < -0.3 is 15.6 Å². The molecule has 38 heavy (non-hydrogen) atoms. The number of alkyl halides is 3. The molecule has 5 rings (SSSR count). The molecule has 196 valence electrons. The van der Waals surface area contributed by atoms with Crippen molar-refractivity contribution in [1.29, 1.82) is 0 Å². The number of nitrogen functional groups attached to an aromatic ring is 1. The molecule has 3 N–H and O–H groups in total. The van der Waals surface area contributed by atoms with Crippen molar-refractivity contribution in [3.05, 3.63) is 89.7 Å². The second kappa shape index (κ2) is 11.3.